The van der Waals surface area contributed by atoms with Crippen LogP contribution in [0, 0.1) is 12.8 Å². The van der Waals surface area contributed by atoms with Crippen molar-refractivity contribution in [3.05, 3.63) is 89.5 Å². The van der Waals surface area contributed by atoms with Gasteiger partial charge < -0.3 is 4.74 Å². The van der Waals surface area contributed by atoms with Gasteiger partial charge in [0.15, 0.2) is 0 Å². The monoisotopic (exact) mass is 358 g/mol. The summed E-state index contributed by atoms with van der Waals surface area (Å²) >= 11 is 0. The molecule has 27 heavy (non-hydrogen) atoms. The number of carbonyl (C=O) groups excluding carboxylic acids is 1. The molecule has 3 rings (SSSR count). The van der Waals surface area contributed by atoms with Gasteiger partial charge >= 0.3 is 5.97 Å². The Labute approximate surface area is 161 Å². The normalized spacial score (nSPS) is 11.8. The van der Waals surface area contributed by atoms with Gasteiger partial charge in [0.1, 0.15) is 5.75 Å². The van der Waals surface area contributed by atoms with Crippen molar-refractivity contribution in [1.82, 2.24) is 0 Å². The van der Waals surface area contributed by atoms with Crippen LogP contribution in [0.25, 0.3) is 11.1 Å². The molecule has 0 saturated carbocycles. The smallest absolute Gasteiger partial charge is 0.343 e. The Morgan fingerprint density at radius 3 is 1.96 bits per heavy atom. The number of ether oxygens (including phenoxy) is 1. The quantitative estimate of drug-likeness (QED) is 0.373. The first kappa shape index (κ1) is 18.9. The van der Waals surface area contributed by atoms with Gasteiger partial charge in [0, 0.05) is 0 Å². The van der Waals surface area contributed by atoms with E-state index >= 15 is 0 Å². The van der Waals surface area contributed by atoms with Crippen LogP contribution in [0.1, 0.15) is 41.8 Å². The molecule has 0 bridgehead atoms. The van der Waals surface area contributed by atoms with E-state index in [-0.39, 0.29) is 5.97 Å². The van der Waals surface area contributed by atoms with Crippen LogP contribution in [0.2, 0.25) is 0 Å². The largest absolute Gasteiger partial charge is 0.423 e. The zero-order valence-electron chi connectivity index (χ0n) is 16.2. The minimum absolute atomic E-state index is 0.333. The minimum Gasteiger partial charge on any atom is -0.423 e. The first-order valence-corrected chi connectivity index (χ1v) is 9.53. The maximum Gasteiger partial charge on any atom is 0.343 e. The number of benzene rings is 3. The fraction of sp³-hybridized carbons (Fsp3) is 0.240. The third kappa shape index (κ3) is 5.07. The number of rotatable bonds is 6. The molecule has 0 N–H and O–H groups in total. The van der Waals surface area contributed by atoms with E-state index in [9.17, 15) is 4.79 Å². The van der Waals surface area contributed by atoms with Crippen molar-refractivity contribution in [1.29, 1.82) is 0 Å². The maximum atomic E-state index is 12.4. The third-order valence-electron chi connectivity index (χ3n) is 4.92. The van der Waals surface area contributed by atoms with Crippen molar-refractivity contribution >= 4 is 5.97 Å². The molecule has 2 heteroatoms. The van der Waals surface area contributed by atoms with E-state index in [1.54, 1.807) is 0 Å². The van der Waals surface area contributed by atoms with Gasteiger partial charge in [-0.05, 0) is 60.2 Å². The van der Waals surface area contributed by atoms with E-state index < -0.39 is 0 Å². The molecule has 1 atom stereocenters. The molecule has 3 aromatic carbocycles. The van der Waals surface area contributed by atoms with E-state index in [2.05, 4.69) is 45.0 Å². The molecule has 0 heterocycles. The standard InChI is InChI=1S/C25H26O2/c1-4-18(2)17-20-7-15-24(16-8-20)27-25(26)23-13-11-22(12-14-23)21-9-5-19(3)6-10-21/h5-16,18H,4,17H2,1-3H3. The topological polar surface area (TPSA) is 26.3 Å². The molecule has 1 unspecified atom stereocenters. The van der Waals surface area contributed by atoms with Crippen molar-refractivity contribution in [2.24, 2.45) is 5.92 Å². The summed E-state index contributed by atoms with van der Waals surface area (Å²) in [5, 5.41) is 0. The van der Waals surface area contributed by atoms with Crippen LogP contribution in [-0.2, 0) is 6.42 Å². The summed E-state index contributed by atoms with van der Waals surface area (Å²) in [6.45, 7) is 6.51. The summed E-state index contributed by atoms with van der Waals surface area (Å²) in [5.74, 6) is 0.904. The summed E-state index contributed by atoms with van der Waals surface area (Å²) in [5.41, 5.74) is 5.27. The van der Waals surface area contributed by atoms with Gasteiger partial charge in [0.2, 0.25) is 0 Å². The highest BCUT2D eigenvalue weighted by Gasteiger charge is 2.09. The summed E-state index contributed by atoms with van der Waals surface area (Å²) in [6.07, 6.45) is 2.21. The lowest BCUT2D eigenvalue weighted by Gasteiger charge is -2.09. The van der Waals surface area contributed by atoms with E-state index in [0.29, 0.717) is 17.2 Å². The van der Waals surface area contributed by atoms with Gasteiger partial charge in [0.25, 0.3) is 0 Å². The van der Waals surface area contributed by atoms with Crippen molar-refractivity contribution in [3.8, 4) is 16.9 Å². The Balaban J connectivity index is 1.65. The second kappa shape index (κ2) is 8.68. The SMILES string of the molecule is CCC(C)Cc1ccc(OC(=O)c2ccc(-c3ccc(C)cc3)cc2)cc1. The Bertz CT molecular complexity index is 875. The summed E-state index contributed by atoms with van der Waals surface area (Å²) in [4.78, 5) is 12.4. The molecule has 2 nitrogen and oxygen atoms in total. The van der Waals surface area contributed by atoms with Gasteiger partial charge in [-0.2, -0.15) is 0 Å². The van der Waals surface area contributed by atoms with Crippen LogP contribution < -0.4 is 4.74 Å². The summed E-state index contributed by atoms with van der Waals surface area (Å²) < 4.78 is 5.51. The van der Waals surface area contributed by atoms with Crippen LogP contribution in [-0.4, -0.2) is 5.97 Å². The highest BCUT2D eigenvalue weighted by Crippen LogP contribution is 2.22. The number of hydrogen-bond acceptors (Lipinski definition) is 2. The fourth-order valence-corrected chi connectivity index (χ4v) is 2.95. The number of hydrogen-bond donors (Lipinski definition) is 0. The molecule has 0 saturated heterocycles. The second-order valence-corrected chi connectivity index (χ2v) is 7.19. The predicted molar refractivity (Wildman–Crippen MR) is 111 cm³/mol. The molecule has 0 spiro atoms. The Hall–Kier alpha value is -2.87. The molecular formula is C25H26O2. The molecule has 138 valence electrons. The highest BCUT2D eigenvalue weighted by atomic mass is 16.5. The summed E-state index contributed by atoms with van der Waals surface area (Å²) in [7, 11) is 0. The van der Waals surface area contributed by atoms with E-state index in [1.165, 1.54) is 11.1 Å². The molecular weight excluding hydrogens is 332 g/mol. The number of aryl methyl sites for hydroxylation is 1. The zero-order chi connectivity index (χ0) is 19.2. The summed E-state index contributed by atoms with van der Waals surface area (Å²) in [6, 6.07) is 23.7. The van der Waals surface area contributed by atoms with Gasteiger partial charge in [-0.3, -0.25) is 0 Å². The van der Waals surface area contributed by atoms with Crippen LogP contribution >= 0.6 is 0 Å². The van der Waals surface area contributed by atoms with Crippen LogP contribution in [0.4, 0.5) is 0 Å². The van der Waals surface area contributed by atoms with Crippen molar-refractivity contribution < 1.29 is 9.53 Å². The Morgan fingerprint density at radius 1 is 0.852 bits per heavy atom. The third-order valence-corrected chi connectivity index (χ3v) is 4.92. The Kier molecular flexibility index (Phi) is 6.08. The molecule has 0 aliphatic rings. The fourth-order valence-electron chi connectivity index (χ4n) is 2.95. The lowest BCUT2D eigenvalue weighted by Crippen LogP contribution is -2.08. The molecule has 0 aliphatic heterocycles. The Morgan fingerprint density at radius 2 is 1.41 bits per heavy atom. The second-order valence-electron chi connectivity index (χ2n) is 7.19. The van der Waals surface area contributed by atoms with Gasteiger partial charge in [0.05, 0.1) is 5.56 Å². The minimum atomic E-state index is -0.333. The van der Waals surface area contributed by atoms with Crippen LogP contribution in [0.5, 0.6) is 5.75 Å². The molecule has 0 aliphatic carbocycles. The van der Waals surface area contributed by atoms with Crippen molar-refractivity contribution in [3.63, 3.8) is 0 Å². The van der Waals surface area contributed by atoms with Gasteiger partial charge in [-0.1, -0.05) is 74.4 Å². The average molecular weight is 358 g/mol. The first-order valence-electron chi connectivity index (χ1n) is 9.53. The molecule has 3 aromatic rings. The lowest BCUT2D eigenvalue weighted by atomic mass is 9.99. The molecule has 0 radical (unpaired) electrons. The first-order chi connectivity index (χ1) is 13.0. The van der Waals surface area contributed by atoms with E-state index in [0.717, 1.165) is 24.0 Å². The van der Waals surface area contributed by atoms with Crippen molar-refractivity contribution in [2.45, 2.75) is 33.6 Å². The predicted octanol–water partition coefficient (Wildman–Crippen LogP) is 6.47. The molecule has 0 amide bonds. The van der Waals surface area contributed by atoms with E-state index in [4.69, 9.17) is 4.74 Å². The van der Waals surface area contributed by atoms with Crippen molar-refractivity contribution in [2.75, 3.05) is 0 Å². The lowest BCUT2D eigenvalue weighted by molar-refractivity contribution is 0.0734. The van der Waals surface area contributed by atoms with E-state index in [1.807, 2.05) is 48.5 Å². The molecule has 0 aromatic heterocycles. The number of esters is 1. The van der Waals surface area contributed by atoms with Crippen LogP contribution in [0.15, 0.2) is 72.8 Å². The zero-order valence-corrected chi connectivity index (χ0v) is 16.2. The average Bonchev–Trinajstić information content (AvgIpc) is 2.70. The molecule has 0 fully saturated rings. The van der Waals surface area contributed by atoms with Gasteiger partial charge in [-0.15, -0.1) is 0 Å². The highest BCUT2D eigenvalue weighted by molar-refractivity contribution is 5.91. The maximum absolute atomic E-state index is 12.4. The van der Waals surface area contributed by atoms with Crippen LogP contribution in [0.3, 0.4) is 0 Å². The van der Waals surface area contributed by atoms with Gasteiger partial charge in [-0.25, -0.2) is 4.79 Å². The number of carbonyl (C=O) groups is 1.